The molecule has 1 atom stereocenters. The lowest BCUT2D eigenvalue weighted by atomic mass is 9.92. The molecule has 0 aliphatic heterocycles. The van der Waals surface area contributed by atoms with Gasteiger partial charge in [-0.25, -0.2) is 4.98 Å². The SMILES string of the molecule is CC[N+](CC)(CC(CCN)c1ccccc1)c1c2ccc([N+](=O)[O-])cc2nc2cc(OC)c(OC)cc12. The number of non-ortho nitro benzene ring substituents is 1. The number of hydrogen-bond donors (Lipinski definition) is 1. The molecular formula is C29H35N4O4+. The number of fused-ring (bicyclic) bond motifs is 2. The number of quaternary nitrogens is 1. The predicted molar refractivity (Wildman–Crippen MR) is 150 cm³/mol. The summed E-state index contributed by atoms with van der Waals surface area (Å²) in [5.41, 5.74) is 9.74. The maximum Gasteiger partial charge on any atom is 0.271 e. The summed E-state index contributed by atoms with van der Waals surface area (Å²) in [6.45, 7) is 7.44. The molecule has 0 amide bonds. The topological polar surface area (TPSA) is 101 Å². The van der Waals surface area contributed by atoms with Gasteiger partial charge < -0.3 is 15.2 Å². The molecule has 8 heteroatoms. The average Bonchev–Trinajstić information content (AvgIpc) is 2.93. The number of benzene rings is 3. The second-order valence-electron chi connectivity index (χ2n) is 9.29. The quantitative estimate of drug-likeness (QED) is 0.120. The van der Waals surface area contributed by atoms with Gasteiger partial charge in [0.15, 0.2) is 17.2 Å². The van der Waals surface area contributed by atoms with Crippen molar-refractivity contribution < 1.29 is 14.4 Å². The number of nitrogens with two attached hydrogens (primary N) is 1. The third kappa shape index (κ3) is 4.95. The Balaban J connectivity index is 2.06. The second-order valence-corrected chi connectivity index (χ2v) is 9.29. The molecule has 194 valence electrons. The van der Waals surface area contributed by atoms with Crippen molar-refractivity contribution in [1.82, 2.24) is 9.47 Å². The van der Waals surface area contributed by atoms with Gasteiger partial charge in [-0.2, -0.15) is 0 Å². The van der Waals surface area contributed by atoms with Crippen LogP contribution in [0.5, 0.6) is 11.5 Å². The summed E-state index contributed by atoms with van der Waals surface area (Å²) in [5.74, 6) is 1.42. The first kappa shape index (κ1) is 26.3. The van der Waals surface area contributed by atoms with E-state index >= 15 is 0 Å². The van der Waals surface area contributed by atoms with E-state index in [0.29, 0.717) is 33.6 Å². The zero-order valence-electron chi connectivity index (χ0n) is 21.9. The summed E-state index contributed by atoms with van der Waals surface area (Å²) >= 11 is 0. The van der Waals surface area contributed by atoms with Crippen LogP contribution in [0.1, 0.15) is 31.7 Å². The molecule has 0 saturated carbocycles. The minimum Gasteiger partial charge on any atom is -0.493 e. The van der Waals surface area contributed by atoms with Crippen LogP contribution in [0.3, 0.4) is 0 Å². The van der Waals surface area contributed by atoms with Gasteiger partial charge in [-0.3, -0.25) is 14.6 Å². The van der Waals surface area contributed by atoms with Crippen molar-refractivity contribution in [2.45, 2.75) is 26.2 Å². The minimum atomic E-state index is -0.381. The monoisotopic (exact) mass is 503 g/mol. The molecular weight excluding hydrogens is 468 g/mol. The van der Waals surface area contributed by atoms with E-state index in [1.807, 2.05) is 24.3 Å². The zero-order chi connectivity index (χ0) is 26.6. The number of nitro groups is 1. The third-order valence-corrected chi connectivity index (χ3v) is 7.49. The normalized spacial score (nSPS) is 12.6. The van der Waals surface area contributed by atoms with Gasteiger partial charge in [0.1, 0.15) is 0 Å². The van der Waals surface area contributed by atoms with Gasteiger partial charge in [0, 0.05) is 24.1 Å². The minimum absolute atomic E-state index is 0.0159. The van der Waals surface area contributed by atoms with Crippen molar-refractivity contribution in [2.24, 2.45) is 5.73 Å². The lowest BCUT2D eigenvalue weighted by molar-refractivity contribution is -0.384. The zero-order valence-corrected chi connectivity index (χ0v) is 21.9. The van der Waals surface area contributed by atoms with Gasteiger partial charge >= 0.3 is 0 Å². The van der Waals surface area contributed by atoms with Crippen molar-refractivity contribution in [3.05, 3.63) is 76.3 Å². The van der Waals surface area contributed by atoms with Gasteiger partial charge in [0.2, 0.25) is 0 Å². The van der Waals surface area contributed by atoms with Gasteiger partial charge in [0.05, 0.1) is 60.6 Å². The molecule has 0 radical (unpaired) electrons. The maximum atomic E-state index is 11.6. The first-order chi connectivity index (χ1) is 17.9. The molecule has 2 N–H and O–H groups in total. The summed E-state index contributed by atoms with van der Waals surface area (Å²) in [5, 5.41) is 13.4. The second kappa shape index (κ2) is 11.1. The van der Waals surface area contributed by atoms with E-state index in [1.165, 1.54) is 5.56 Å². The van der Waals surface area contributed by atoms with Crippen LogP contribution in [-0.2, 0) is 0 Å². The number of aromatic nitrogens is 1. The van der Waals surface area contributed by atoms with Crippen LogP contribution in [-0.4, -0.2) is 50.3 Å². The number of methoxy groups -OCH3 is 2. The number of hydrogen-bond acceptors (Lipinski definition) is 6. The van der Waals surface area contributed by atoms with Crippen LogP contribution in [0.4, 0.5) is 11.4 Å². The first-order valence-electron chi connectivity index (χ1n) is 12.7. The Kier molecular flexibility index (Phi) is 7.90. The van der Waals surface area contributed by atoms with Crippen molar-refractivity contribution in [1.29, 1.82) is 0 Å². The van der Waals surface area contributed by atoms with Crippen molar-refractivity contribution in [3.63, 3.8) is 0 Å². The molecule has 0 bridgehead atoms. The fraction of sp³-hybridized carbons (Fsp3) is 0.345. The van der Waals surface area contributed by atoms with E-state index in [2.05, 4.69) is 38.1 Å². The van der Waals surface area contributed by atoms with Gasteiger partial charge in [-0.15, -0.1) is 0 Å². The largest absolute Gasteiger partial charge is 0.493 e. The molecule has 1 heterocycles. The van der Waals surface area contributed by atoms with Crippen LogP contribution >= 0.6 is 0 Å². The Bertz CT molecular complexity index is 1400. The first-order valence-corrected chi connectivity index (χ1v) is 12.7. The van der Waals surface area contributed by atoms with Crippen LogP contribution in [0.2, 0.25) is 0 Å². The van der Waals surface area contributed by atoms with Crippen LogP contribution in [0, 0.1) is 10.1 Å². The lowest BCUT2D eigenvalue weighted by Crippen LogP contribution is -2.52. The Morgan fingerprint density at radius 1 is 0.946 bits per heavy atom. The number of rotatable bonds is 11. The van der Waals surface area contributed by atoms with E-state index in [9.17, 15) is 10.1 Å². The highest BCUT2D eigenvalue weighted by Gasteiger charge is 2.35. The predicted octanol–water partition coefficient (Wildman–Crippen LogP) is 5.79. The molecule has 0 aliphatic carbocycles. The van der Waals surface area contributed by atoms with Crippen molar-refractivity contribution in [2.75, 3.05) is 40.4 Å². The molecule has 4 aromatic rings. The Morgan fingerprint density at radius 3 is 2.19 bits per heavy atom. The highest BCUT2D eigenvalue weighted by molar-refractivity contribution is 6.08. The number of nitrogens with zero attached hydrogens (tertiary/aromatic N) is 3. The van der Waals surface area contributed by atoms with E-state index < -0.39 is 0 Å². The van der Waals surface area contributed by atoms with E-state index in [1.54, 1.807) is 26.4 Å². The highest BCUT2D eigenvalue weighted by atomic mass is 16.6. The van der Waals surface area contributed by atoms with Crippen LogP contribution in [0.15, 0.2) is 60.7 Å². The molecule has 0 fully saturated rings. The van der Waals surface area contributed by atoms with Gasteiger partial charge in [0.25, 0.3) is 5.69 Å². The summed E-state index contributed by atoms with van der Waals surface area (Å²) in [6.07, 6.45) is 0.855. The fourth-order valence-electron chi connectivity index (χ4n) is 5.46. The smallest absolute Gasteiger partial charge is 0.271 e. The van der Waals surface area contributed by atoms with E-state index in [0.717, 1.165) is 42.5 Å². The molecule has 4 rings (SSSR count). The molecule has 0 spiro atoms. The molecule has 1 aromatic heterocycles. The van der Waals surface area contributed by atoms with Crippen molar-refractivity contribution in [3.8, 4) is 11.5 Å². The maximum absolute atomic E-state index is 11.6. The van der Waals surface area contributed by atoms with E-state index in [4.69, 9.17) is 20.2 Å². The molecule has 1 unspecified atom stereocenters. The molecule has 8 nitrogen and oxygen atoms in total. The Labute approximate surface area is 217 Å². The number of nitro benzene ring substituents is 1. The third-order valence-electron chi connectivity index (χ3n) is 7.49. The van der Waals surface area contributed by atoms with Gasteiger partial charge in [-0.05, 0) is 44.5 Å². The summed E-state index contributed by atoms with van der Waals surface area (Å²) in [6, 6.07) is 19.3. The van der Waals surface area contributed by atoms with Crippen LogP contribution in [0.25, 0.3) is 21.8 Å². The highest BCUT2D eigenvalue weighted by Crippen LogP contribution is 2.44. The average molecular weight is 504 g/mol. The van der Waals surface area contributed by atoms with Gasteiger partial charge in [-0.1, -0.05) is 30.3 Å². The van der Waals surface area contributed by atoms with Crippen LogP contribution < -0.4 is 19.7 Å². The lowest BCUT2D eigenvalue weighted by Gasteiger charge is -2.40. The fourth-order valence-corrected chi connectivity index (χ4v) is 5.46. The molecule has 37 heavy (non-hydrogen) atoms. The summed E-state index contributed by atoms with van der Waals surface area (Å²) in [7, 11) is 3.21. The Morgan fingerprint density at radius 2 is 1.59 bits per heavy atom. The molecule has 0 aliphatic rings. The number of pyridine rings is 1. The standard InChI is InChI=1S/C29H35N4O4/c1-5-33(6-2,19-21(14-15-30)20-10-8-7-9-11-20)29-23-13-12-22(32(34)35)16-25(23)31-26-18-28(37-4)27(36-3)17-24(26)29/h7-13,16-18,21H,5-6,14-15,19,30H2,1-4H3/q+1. The molecule has 0 saturated heterocycles. The number of ether oxygens (including phenoxy) is 2. The summed E-state index contributed by atoms with van der Waals surface area (Å²) in [4.78, 5) is 16.1. The number of likely N-dealkylation sites (N-methyl/N-ethyl adjacent to an activating group) is 1. The molecule has 3 aromatic carbocycles. The summed E-state index contributed by atoms with van der Waals surface area (Å²) < 4.78 is 11.9. The van der Waals surface area contributed by atoms with E-state index in [-0.39, 0.29) is 16.5 Å². The Hall–Kier alpha value is -3.75. The van der Waals surface area contributed by atoms with Crippen molar-refractivity contribution >= 4 is 33.2 Å².